The van der Waals surface area contributed by atoms with Gasteiger partial charge < -0.3 is 14.7 Å². The van der Waals surface area contributed by atoms with E-state index in [-0.39, 0.29) is 63.4 Å². The first-order valence-corrected chi connectivity index (χ1v) is 16.1. The number of hydrogen-bond donors (Lipinski definition) is 1. The van der Waals surface area contributed by atoms with E-state index in [1.807, 2.05) is 20.8 Å². The number of nitrogens with zero attached hydrogens (tertiary/aromatic N) is 1. The Bertz CT molecular complexity index is 1270. The highest BCUT2D eigenvalue weighted by Gasteiger charge is 2.54. The van der Waals surface area contributed by atoms with E-state index in [4.69, 9.17) is 4.74 Å². The van der Waals surface area contributed by atoms with Crippen molar-refractivity contribution in [2.75, 3.05) is 6.54 Å². The molecular weight excluding hydrogens is 590 g/mol. The molecule has 0 bridgehead atoms. The lowest BCUT2D eigenvalue weighted by Crippen LogP contribution is -2.48. The van der Waals surface area contributed by atoms with Crippen LogP contribution in [0.4, 0.5) is 0 Å². The van der Waals surface area contributed by atoms with E-state index in [1.54, 1.807) is 44.2 Å². The number of aliphatic carboxylic acids is 1. The van der Waals surface area contributed by atoms with Crippen LogP contribution in [0.1, 0.15) is 92.6 Å². The van der Waals surface area contributed by atoms with Crippen LogP contribution in [0.5, 0.6) is 0 Å². The zero-order valence-electron chi connectivity index (χ0n) is 27.0. The molecule has 1 amide bonds. The van der Waals surface area contributed by atoms with Gasteiger partial charge in [0, 0.05) is 37.6 Å². The quantitative estimate of drug-likeness (QED) is 0.185. The molecule has 1 aliphatic heterocycles. The Labute approximate surface area is 272 Å². The number of benzene rings is 1. The Morgan fingerprint density at radius 1 is 0.957 bits per heavy atom. The normalized spacial score (nSPS) is 20.9. The zero-order chi connectivity index (χ0) is 33.4. The lowest BCUT2D eigenvalue weighted by molar-refractivity contribution is -0.154. The molecule has 46 heavy (non-hydrogen) atoms. The maximum atomic E-state index is 14.0. The molecule has 1 heterocycles. The number of hydrogen-bond acceptors (Lipinski definition) is 8. The second-order valence-corrected chi connectivity index (χ2v) is 13.2. The Morgan fingerprint density at radius 2 is 1.61 bits per heavy atom. The van der Waals surface area contributed by atoms with Crippen LogP contribution in [-0.4, -0.2) is 69.7 Å². The van der Waals surface area contributed by atoms with E-state index in [2.05, 4.69) is 0 Å². The van der Waals surface area contributed by atoms with Crippen LogP contribution >= 0.6 is 0 Å². The van der Waals surface area contributed by atoms with Gasteiger partial charge in [0.1, 0.15) is 5.78 Å². The van der Waals surface area contributed by atoms with Crippen molar-refractivity contribution in [1.29, 1.82) is 0 Å². The van der Waals surface area contributed by atoms with Gasteiger partial charge in [0.25, 0.3) is 0 Å². The highest BCUT2D eigenvalue weighted by atomic mass is 16.5. The predicted octanol–water partition coefficient (Wildman–Crippen LogP) is 4.89. The summed E-state index contributed by atoms with van der Waals surface area (Å²) in [5.41, 5.74) is 0.731. The molecule has 6 atom stereocenters. The van der Waals surface area contributed by atoms with Crippen LogP contribution in [0.3, 0.4) is 0 Å². The average Bonchev–Trinajstić information content (AvgIpc) is 3.53. The lowest BCUT2D eigenvalue weighted by Gasteiger charge is -2.32. The summed E-state index contributed by atoms with van der Waals surface area (Å²) in [6.07, 6.45) is 0.317. The third-order valence-electron chi connectivity index (χ3n) is 9.11. The van der Waals surface area contributed by atoms with Crippen molar-refractivity contribution in [1.82, 2.24) is 4.90 Å². The molecule has 1 aromatic carbocycles. The van der Waals surface area contributed by atoms with Crippen molar-refractivity contribution in [3.8, 4) is 0 Å². The SMILES string of the molecule is C.CCCC(CC(=O)[C@@H]1[C@H]2CCC(=O)[C@H]2CN1C(=O)[C@@H](CC(=O)OC(C)C)C(C)C)C(=O)C(=O)C[C@@H](Cc1ccccc1)C(=O)O. The number of likely N-dealkylation sites (tertiary alicyclic amines) is 1. The number of esters is 1. The Hall–Kier alpha value is -3.69. The molecule has 2 aliphatic rings. The predicted molar refractivity (Wildman–Crippen MR) is 172 cm³/mol. The van der Waals surface area contributed by atoms with Gasteiger partial charge in [-0.2, -0.15) is 0 Å². The summed E-state index contributed by atoms with van der Waals surface area (Å²) < 4.78 is 5.28. The first-order chi connectivity index (χ1) is 21.2. The molecule has 0 radical (unpaired) electrons. The summed E-state index contributed by atoms with van der Waals surface area (Å²) in [6, 6.07) is 7.91. The third kappa shape index (κ3) is 9.66. The molecule has 2 fully saturated rings. The summed E-state index contributed by atoms with van der Waals surface area (Å²) in [6.45, 7) is 8.96. The smallest absolute Gasteiger partial charge is 0.307 e. The van der Waals surface area contributed by atoms with Crippen molar-refractivity contribution >= 4 is 41.0 Å². The topological polar surface area (TPSA) is 152 Å². The number of fused-ring (bicyclic) bond motifs is 1. The van der Waals surface area contributed by atoms with Crippen LogP contribution in [0, 0.1) is 35.5 Å². The molecule has 10 heteroatoms. The number of ketones is 4. The van der Waals surface area contributed by atoms with Gasteiger partial charge in [-0.15, -0.1) is 0 Å². The molecule has 1 saturated heterocycles. The van der Waals surface area contributed by atoms with Crippen molar-refractivity contribution < 1.29 is 43.4 Å². The number of carbonyl (C=O) groups excluding carboxylic acids is 6. The molecule has 1 saturated carbocycles. The van der Waals surface area contributed by atoms with E-state index in [0.717, 1.165) is 5.56 Å². The van der Waals surface area contributed by atoms with Gasteiger partial charge >= 0.3 is 11.9 Å². The van der Waals surface area contributed by atoms with Crippen molar-refractivity contribution in [3.63, 3.8) is 0 Å². The van der Waals surface area contributed by atoms with Gasteiger partial charge in [-0.05, 0) is 50.5 Å². The highest BCUT2D eigenvalue weighted by Crippen LogP contribution is 2.42. The largest absolute Gasteiger partial charge is 0.481 e. The first-order valence-electron chi connectivity index (χ1n) is 16.1. The van der Waals surface area contributed by atoms with Crippen molar-refractivity contribution in [2.45, 2.75) is 106 Å². The van der Waals surface area contributed by atoms with E-state index in [9.17, 15) is 38.7 Å². The van der Waals surface area contributed by atoms with Crippen LogP contribution in [0.25, 0.3) is 0 Å². The number of ether oxygens (including phenoxy) is 1. The number of carboxylic acids is 1. The number of amides is 1. The second kappa shape index (κ2) is 17.3. The third-order valence-corrected chi connectivity index (χ3v) is 9.11. The monoisotopic (exact) mass is 641 g/mol. The van der Waals surface area contributed by atoms with Crippen LogP contribution < -0.4 is 0 Å². The number of carbonyl (C=O) groups is 7. The van der Waals surface area contributed by atoms with E-state index >= 15 is 0 Å². The van der Waals surface area contributed by atoms with Gasteiger partial charge in [0.2, 0.25) is 11.7 Å². The van der Waals surface area contributed by atoms with Crippen molar-refractivity contribution in [3.05, 3.63) is 35.9 Å². The van der Waals surface area contributed by atoms with Gasteiger partial charge in [-0.1, -0.05) is 65.0 Å². The fraction of sp³-hybridized carbons (Fsp3) is 0.639. The molecule has 1 N–H and O–H groups in total. The zero-order valence-corrected chi connectivity index (χ0v) is 27.0. The summed E-state index contributed by atoms with van der Waals surface area (Å²) >= 11 is 0. The minimum absolute atomic E-state index is 0. The first kappa shape index (κ1) is 38.5. The van der Waals surface area contributed by atoms with Crippen LogP contribution in [0.15, 0.2) is 30.3 Å². The minimum atomic E-state index is -1.18. The summed E-state index contributed by atoms with van der Waals surface area (Å²) in [7, 11) is 0. The second-order valence-electron chi connectivity index (χ2n) is 13.2. The molecule has 254 valence electrons. The van der Waals surface area contributed by atoms with Gasteiger partial charge in [0.05, 0.1) is 30.4 Å². The van der Waals surface area contributed by atoms with E-state index in [0.29, 0.717) is 19.3 Å². The van der Waals surface area contributed by atoms with Crippen LogP contribution in [0.2, 0.25) is 0 Å². The fourth-order valence-electron chi connectivity index (χ4n) is 6.79. The molecule has 1 aliphatic carbocycles. The maximum absolute atomic E-state index is 14.0. The van der Waals surface area contributed by atoms with Gasteiger partial charge in [-0.3, -0.25) is 33.6 Å². The van der Waals surface area contributed by atoms with E-state index < -0.39 is 71.3 Å². The van der Waals surface area contributed by atoms with Crippen molar-refractivity contribution in [2.24, 2.45) is 35.5 Å². The Morgan fingerprint density at radius 3 is 2.17 bits per heavy atom. The highest BCUT2D eigenvalue weighted by molar-refractivity contribution is 6.38. The van der Waals surface area contributed by atoms with Crippen LogP contribution in [-0.2, 0) is 44.7 Å². The Balaban J connectivity index is 0.00000736. The summed E-state index contributed by atoms with van der Waals surface area (Å²) in [5, 5.41) is 9.76. The minimum Gasteiger partial charge on any atom is -0.481 e. The number of rotatable bonds is 17. The summed E-state index contributed by atoms with van der Waals surface area (Å²) in [4.78, 5) is 93.1. The standard InChI is InChI=1S/C35H47NO9.CH4/c1-6-10-23(33(41)30(39)17-24(35(43)44)15-22-11-8-7-9-12-22)16-29(38)32-25-13-14-28(37)27(25)19-36(32)34(42)26(20(2)3)18-31(40)45-21(4)5;/h7-9,11-12,20-21,23-27,32H,6,10,13-19H2,1-5H3,(H,43,44);1H4/t23?,24-,25+,26+,27+,32+;/m1./s1. The van der Waals surface area contributed by atoms with E-state index in [1.165, 1.54) is 4.90 Å². The molecule has 0 aromatic heterocycles. The molecule has 0 spiro atoms. The van der Waals surface area contributed by atoms with Gasteiger partial charge in [0.15, 0.2) is 11.6 Å². The fourth-order valence-corrected chi connectivity index (χ4v) is 6.79. The Kier molecular flexibility index (Phi) is 14.5. The average molecular weight is 642 g/mol. The number of carboxylic acid groups (broad SMARTS) is 1. The molecular formula is C36H51NO9. The maximum Gasteiger partial charge on any atom is 0.307 e. The summed E-state index contributed by atoms with van der Waals surface area (Å²) in [5.74, 6) is -8.05. The van der Waals surface area contributed by atoms with Gasteiger partial charge in [-0.25, -0.2) is 0 Å². The molecule has 10 nitrogen and oxygen atoms in total. The molecule has 3 rings (SSSR count). The molecule has 1 unspecified atom stereocenters. The molecule has 1 aromatic rings. The number of Topliss-reactive ketones (excluding diaryl/α,β-unsaturated/α-hetero) is 4. The lowest BCUT2D eigenvalue weighted by atomic mass is 9.82.